The van der Waals surface area contributed by atoms with E-state index in [1.807, 2.05) is 30.3 Å². The molecule has 0 bridgehead atoms. The lowest BCUT2D eigenvalue weighted by atomic mass is 10.2. The molecule has 0 fully saturated rings. The van der Waals surface area contributed by atoms with Crippen molar-refractivity contribution in [2.24, 2.45) is 0 Å². The van der Waals surface area contributed by atoms with E-state index < -0.39 is 5.82 Å². The third-order valence-electron chi connectivity index (χ3n) is 3.08. The zero-order chi connectivity index (χ0) is 16.7. The van der Waals surface area contributed by atoms with Gasteiger partial charge in [0.2, 0.25) is 11.8 Å². The van der Waals surface area contributed by atoms with Gasteiger partial charge < -0.3 is 10.2 Å². The molecule has 0 aliphatic rings. The van der Waals surface area contributed by atoms with Crippen molar-refractivity contribution >= 4 is 23.6 Å². The topological polar surface area (TPSA) is 49.4 Å². The van der Waals surface area contributed by atoms with Crippen LogP contribution in [0.3, 0.4) is 0 Å². The molecule has 0 aliphatic heterocycles. The van der Waals surface area contributed by atoms with E-state index in [4.69, 9.17) is 0 Å². The second-order valence-electron chi connectivity index (χ2n) is 5.00. The van der Waals surface area contributed by atoms with Crippen LogP contribution >= 0.6 is 0 Å². The molecule has 0 unspecified atom stereocenters. The van der Waals surface area contributed by atoms with E-state index in [1.165, 1.54) is 36.2 Å². The van der Waals surface area contributed by atoms with E-state index in [0.29, 0.717) is 5.69 Å². The average molecular weight is 312 g/mol. The van der Waals surface area contributed by atoms with Gasteiger partial charge in [0, 0.05) is 18.8 Å². The summed E-state index contributed by atoms with van der Waals surface area (Å²) in [5.41, 5.74) is 1.26. The van der Waals surface area contributed by atoms with Gasteiger partial charge in [0.25, 0.3) is 0 Å². The van der Waals surface area contributed by atoms with Gasteiger partial charge in [-0.05, 0) is 29.8 Å². The van der Waals surface area contributed by atoms with Gasteiger partial charge in [0.1, 0.15) is 5.82 Å². The summed E-state index contributed by atoms with van der Waals surface area (Å²) < 4.78 is 13.0. The Morgan fingerprint density at radius 1 is 1.13 bits per heavy atom. The molecule has 2 rings (SSSR count). The zero-order valence-electron chi connectivity index (χ0n) is 12.7. The van der Waals surface area contributed by atoms with Crippen molar-refractivity contribution in [3.05, 3.63) is 72.1 Å². The molecule has 0 radical (unpaired) electrons. The van der Waals surface area contributed by atoms with Crippen LogP contribution < -0.4 is 5.32 Å². The van der Waals surface area contributed by atoms with Crippen molar-refractivity contribution < 1.29 is 14.0 Å². The average Bonchev–Trinajstić information content (AvgIpc) is 2.53. The van der Waals surface area contributed by atoms with Gasteiger partial charge in [-0.2, -0.15) is 0 Å². The van der Waals surface area contributed by atoms with Crippen LogP contribution in [0.4, 0.5) is 10.1 Å². The summed E-state index contributed by atoms with van der Waals surface area (Å²) in [6.07, 6.45) is 3.09. The van der Waals surface area contributed by atoms with Crippen LogP contribution in [0.15, 0.2) is 60.7 Å². The van der Waals surface area contributed by atoms with Gasteiger partial charge in [-0.3, -0.25) is 9.59 Å². The summed E-state index contributed by atoms with van der Waals surface area (Å²) in [6.45, 7) is -0.117. The number of amides is 2. The quantitative estimate of drug-likeness (QED) is 0.863. The highest BCUT2D eigenvalue weighted by molar-refractivity contribution is 5.97. The molecule has 23 heavy (non-hydrogen) atoms. The van der Waals surface area contributed by atoms with Crippen LogP contribution in [0.25, 0.3) is 6.08 Å². The minimum Gasteiger partial charge on any atom is -0.333 e. The molecule has 1 N–H and O–H groups in total. The first-order valence-corrected chi connectivity index (χ1v) is 7.08. The van der Waals surface area contributed by atoms with Gasteiger partial charge >= 0.3 is 0 Å². The number of nitrogens with one attached hydrogen (secondary N) is 1. The maximum atomic E-state index is 13.0. The fourth-order valence-corrected chi connectivity index (χ4v) is 1.92. The smallest absolute Gasteiger partial charge is 0.246 e. The summed E-state index contributed by atoms with van der Waals surface area (Å²) in [5, 5.41) is 2.55. The summed E-state index contributed by atoms with van der Waals surface area (Å²) in [7, 11) is 1.53. The Labute approximate surface area is 134 Å². The van der Waals surface area contributed by atoms with Crippen LogP contribution in [-0.2, 0) is 9.59 Å². The highest BCUT2D eigenvalue weighted by atomic mass is 19.1. The van der Waals surface area contributed by atoms with E-state index in [-0.39, 0.29) is 18.4 Å². The maximum Gasteiger partial charge on any atom is 0.246 e. The Hall–Kier alpha value is -2.95. The molecule has 0 saturated carbocycles. The van der Waals surface area contributed by atoms with Gasteiger partial charge in [-0.1, -0.05) is 36.4 Å². The maximum absolute atomic E-state index is 13.0. The Kier molecular flexibility index (Phi) is 5.63. The molecular formula is C18H17FN2O2. The molecule has 0 atom stereocenters. The van der Waals surface area contributed by atoms with Gasteiger partial charge in [-0.25, -0.2) is 4.39 Å². The molecule has 0 aromatic heterocycles. The molecule has 4 nitrogen and oxygen atoms in total. The molecule has 2 aromatic rings. The number of halogens is 1. The number of likely N-dealkylation sites (N-methyl/N-ethyl adjacent to an activating group) is 1. The number of hydrogen-bond acceptors (Lipinski definition) is 2. The number of hydrogen-bond donors (Lipinski definition) is 1. The second-order valence-corrected chi connectivity index (χ2v) is 5.00. The summed E-state index contributed by atoms with van der Waals surface area (Å²) in [5.74, 6) is -1.11. The zero-order valence-corrected chi connectivity index (χ0v) is 12.7. The predicted octanol–water partition coefficient (Wildman–Crippen LogP) is 2.94. The van der Waals surface area contributed by atoms with E-state index in [1.54, 1.807) is 12.1 Å². The van der Waals surface area contributed by atoms with Crippen molar-refractivity contribution in [2.75, 3.05) is 18.9 Å². The van der Waals surface area contributed by atoms with E-state index in [9.17, 15) is 14.0 Å². The number of carbonyl (C=O) groups excluding carboxylic acids is 2. The Balaban J connectivity index is 1.88. The molecule has 118 valence electrons. The van der Waals surface area contributed by atoms with Gasteiger partial charge in [0.05, 0.1) is 6.54 Å². The Morgan fingerprint density at radius 2 is 1.87 bits per heavy atom. The molecule has 0 aliphatic carbocycles. The first-order valence-electron chi connectivity index (χ1n) is 7.08. The lowest BCUT2D eigenvalue weighted by Crippen LogP contribution is -2.33. The van der Waals surface area contributed by atoms with Crippen molar-refractivity contribution in [1.29, 1.82) is 0 Å². The molecule has 2 aromatic carbocycles. The summed E-state index contributed by atoms with van der Waals surface area (Å²) >= 11 is 0. The third-order valence-corrected chi connectivity index (χ3v) is 3.08. The van der Waals surface area contributed by atoms with Crippen LogP contribution in [0.5, 0.6) is 0 Å². The fraction of sp³-hybridized carbons (Fsp3) is 0.111. The lowest BCUT2D eigenvalue weighted by molar-refractivity contribution is -0.129. The normalized spacial score (nSPS) is 10.5. The summed E-state index contributed by atoms with van der Waals surface area (Å²) in [4.78, 5) is 25.1. The molecule has 2 amide bonds. The number of nitrogens with zero attached hydrogens (tertiary/aromatic N) is 1. The standard InChI is InChI=1S/C18H17FN2O2/c1-21(18(23)11-10-14-6-3-2-4-7-14)13-17(22)20-16-9-5-8-15(19)12-16/h2-12H,13H2,1H3,(H,20,22)/b11-10+. The van der Waals surface area contributed by atoms with Gasteiger partial charge in [0.15, 0.2) is 0 Å². The fourth-order valence-electron chi connectivity index (χ4n) is 1.92. The van der Waals surface area contributed by atoms with Crippen molar-refractivity contribution in [2.45, 2.75) is 0 Å². The highest BCUT2D eigenvalue weighted by Gasteiger charge is 2.10. The van der Waals surface area contributed by atoms with E-state index >= 15 is 0 Å². The Bertz CT molecular complexity index is 714. The molecule has 0 heterocycles. The minimum absolute atomic E-state index is 0.117. The van der Waals surface area contributed by atoms with E-state index in [2.05, 4.69) is 5.32 Å². The molecule has 5 heteroatoms. The Morgan fingerprint density at radius 3 is 2.57 bits per heavy atom. The number of carbonyl (C=O) groups is 2. The number of rotatable bonds is 5. The van der Waals surface area contributed by atoms with Crippen LogP contribution in [0.2, 0.25) is 0 Å². The van der Waals surface area contributed by atoms with Crippen LogP contribution in [0, 0.1) is 5.82 Å². The van der Waals surface area contributed by atoms with E-state index in [0.717, 1.165) is 5.56 Å². The lowest BCUT2D eigenvalue weighted by Gasteiger charge is -2.14. The van der Waals surface area contributed by atoms with Crippen LogP contribution in [-0.4, -0.2) is 30.3 Å². The third kappa shape index (κ3) is 5.39. The SMILES string of the molecule is CN(CC(=O)Nc1cccc(F)c1)C(=O)/C=C/c1ccccc1. The van der Waals surface area contributed by atoms with Crippen LogP contribution in [0.1, 0.15) is 5.56 Å². The number of anilines is 1. The first kappa shape index (κ1) is 16.4. The minimum atomic E-state index is -0.432. The first-order chi connectivity index (χ1) is 11.0. The largest absolute Gasteiger partial charge is 0.333 e. The van der Waals surface area contributed by atoms with Gasteiger partial charge in [-0.15, -0.1) is 0 Å². The van der Waals surface area contributed by atoms with Crippen molar-refractivity contribution in [3.8, 4) is 0 Å². The molecular weight excluding hydrogens is 295 g/mol. The van der Waals surface area contributed by atoms with Crippen molar-refractivity contribution in [1.82, 2.24) is 4.90 Å². The highest BCUT2D eigenvalue weighted by Crippen LogP contribution is 2.09. The monoisotopic (exact) mass is 312 g/mol. The molecule has 0 saturated heterocycles. The second kappa shape index (κ2) is 7.89. The number of benzene rings is 2. The molecule has 0 spiro atoms. The summed E-state index contributed by atoms with van der Waals surface area (Å²) in [6, 6.07) is 15.0. The van der Waals surface area contributed by atoms with Crippen molar-refractivity contribution in [3.63, 3.8) is 0 Å². The predicted molar refractivity (Wildman–Crippen MR) is 88.1 cm³/mol.